The maximum atomic E-state index is 12.2. The summed E-state index contributed by atoms with van der Waals surface area (Å²) in [5.74, 6) is 0.361. The number of hydrogen-bond donors (Lipinski definition) is 0. The molecule has 1 unspecified atom stereocenters. The molecule has 1 aromatic heterocycles. The molecule has 0 saturated heterocycles. The van der Waals surface area contributed by atoms with Gasteiger partial charge in [0.05, 0.1) is 0 Å². The van der Waals surface area contributed by atoms with E-state index in [1.54, 1.807) is 11.3 Å². The van der Waals surface area contributed by atoms with Gasteiger partial charge in [-0.2, -0.15) is 0 Å². The third-order valence-electron chi connectivity index (χ3n) is 2.93. The summed E-state index contributed by atoms with van der Waals surface area (Å²) in [6, 6.07) is 14.1. The zero-order valence-corrected chi connectivity index (χ0v) is 10.7. The second-order valence-electron chi connectivity index (χ2n) is 4.09. The predicted octanol–water partition coefficient (Wildman–Crippen LogP) is 4.05. The average molecular weight is 244 g/mol. The first-order valence-electron chi connectivity index (χ1n) is 5.91. The summed E-state index contributed by atoms with van der Waals surface area (Å²) in [6.07, 6.45) is 1.43. The van der Waals surface area contributed by atoms with Crippen LogP contribution < -0.4 is 0 Å². The predicted molar refractivity (Wildman–Crippen MR) is 72.5 cm³/mol. The monoisotopic (exact) mass is 244 g/mol. The number of ketones is 1. The lowest BCUT2D eigenvalue weighted by Gasteiger charge is -2.13. The van der Waals surface area contributed by atoms with E-state index in [1.807, 2.05) is 47.8 Å². The summed E-state index contributed by atoms with van der Waals surface area (Å²) in [5, 5.41) is 2.02. The van der Waals surface area contributed by atoms with Crippen LogP contribution in [0.4, 0.5) is 0 Å². The van der Waals surface area contributed by atoms with Crippen molar-refractivity contribution >= 4 is 17.1 Å². The van der Waals surface area contributed by atoms with Crippen molar-refractivity contribution in [2.45, 2.75) is 25.7 Å². The van der Waals surface area contributed by atoms with Crippen LogP contribution in [0.25, 0.3) is 0 Å². The van der Waals surface area contributed by atoms with Crippen LogP contribution in [0.2, 0.25) is 0 Å². The van der Waals surface area contributed by atoms with Gasteiger partial charge in [-0.25, -0.2) is 0 Å². The minimum absolute atomic E-state index is 0.0401. The van der Waals surface area contributed by atoms with E-state index in [-0.39, 0.29) is 5.92 Å². The summed E-state index contributed by atoms with van der Waals surface area (Å²) in [6.45, 7) is 2.07. The molecule has 0 amide bonds. The second-order valence-corrected chi connectivity index (χ2v) is 5.13. The molecule has 0 bridgehead atoms. The van der Waals surface area contributed by atoms with Crippen molar-refractivity contribution in [3.63, 3.8) is 0 Å². The van der Waals surface area contributed by atoms with E-state index in [0.29, 0.717) is 12.2 Å². The van der Waals surface area contributed by atoms with Crippen LogP contribution in [-0.4, -0.2) is 5.78 Å². The molecule has 1 nitrogen and oxygen atoms in total. The standard InChI is InChI=1S/C15H16OS/c1-2-14(12-7-4-3-5-8-12)15(16)11-13-9-6-10-17-13/h3-10,14H,2,11H2,1H3. The van der Waals surface area contributed by atoms with Gasteiger partial charge in [0.2, 0.25) is 0 Å². The van der Waals surface area contributed by atoms with Gasteiger partial charge in [-0.05, 0) is 23.4 Å². The van der Waals surface area contributed by atoms with Gasteiger partial charge < -0.3 is 0 Å². The van der Waals surface area contributed by atoms with E-state index in [4.69, 9.17) is 0 Å². The van der Waals surface area contributed by atoms with Crippen molar-refractivity contribution in [2.24, 2.45) is 0 Å². The molecular weight excluding hydrogens is 228 g/mol. The van der Waals surface area contributed by atoms with Crippen molar-refractivity contribution in [2.75, 3.05) is 0 Å². The van der Waals surface area contributed by atoms with E-state index in [1.165, 1.54) is 0 Å². The van der Waals surface area contributed by atoms with Gasteiger partial charge in [0.25, 0.3) is 0 Å². The highest BCUT2D eigenvalue weighted by Crippen LogP contribution is 2.23. The lowest BCUT2D eigenvalue weighted by Crippen LogP contribution is -2.13. The summed E-state index contributed by atoms with van der Waals surface area (Å²) in [7, 11) is 0. The van der Waals surface area contributed by atoms with E-state index in [9.17, 15) is 4.79 Å². The Hall–Kier alpha value is -1.41. The molecule has 2 rings (SSSR count). The van der Waals surface area contributed by atoms with Crippen molar-refractivity contribution in [3.8, 4) is 0 Å². The van der Waals surface area contributed by atoms with Gasteiger partial charge in [-0.15, -0.1) is 11.3 Å². The average Bonchev–Trinajstić information content (AvgIpc) is 2.84. The molecule has 0 N–H and O–H groups in total. The molecular formula is C15H16OS. The summed E-state index contributed by atoms with van der Waals surface area (Å²) < 4.78 is 0. The van der Waals surface area contributed by atoms with Crippen molar-refractivity contribution < 1.29 is 4.79 Å². The molecule has 0 saturated carbocycles. The minimum atomic E-state index is 0.0401. The van der Waals surface area contributed by atoms with Crippen LogP contribution >= 0.6 is 11.3 Å². The molecule has 1 atom stereocenters. The maximum absolute atomic E-state index is 12.2. The number of rotatable bonds is 5. The minimum Gasteiger partial charge on any atom is -0.299 e. The van der Waals surface area contributed by atoms with Gasteiger partial charge in [0.15, 0.2) is 0 Å². The fourth-order valence-corrected chi connectivity index (χ4v) is 2.76. The van der Waals surface area contributed by atoms with Crippen LogP contribution in [-0.2, 0) is 11.2 Å². The van der Waals surface area contributed by atoms with Crippen LogP contribution in [0, 0.1) is 0 Å². The number of Topliss-reactive ketones (excluding diaryl/α,β-unsaturated/α-hetero) is 1. The quantitative estimate of drug-likeness (QED) is 0.775. The first kappa shape index (κ1) is 12.1. The van der Waals surface area contributed by atoms with E-state index in [2.05, 4.69) is 6.92 Å². The Labute approximate surface area is 106 Å². The lowest BCUT2D eigenvalue weighted by atomic mass is 9.90. The normalized spacial score (nSPS) is 12.3. The highest BCUT2D eigenvalue weighted by Gasteiger charge is 2.18. The van der Waals surface area contributed by atoms with Crippen LogP contribution in [0.3, 0.4) is 0 Å². The molecule has 88 valence electrons. The van der Waals surface area contributed by atoms with Crippen LogP contribution in [0.5, 0.6) is 0 Å². The fraction of sp³-hybridized carbons (Fsp3) is 0.267. The van der Waals surface area contributed by atoms with Gasteiger partial charge in [-0.3, -0.25) is 4.79 Å². The van der Waals surface area contributed by atoms with Crippen LogP contribution in [0.15, 0.2) is 47.8 Å². The van der Waals surface area contributed by atoms with Crippen molar-refractivity contribution in [1.29, 1.82) is 0 Å². The highest BCUT2D eigenvalue weighted by molar-refractivity contribution is 7.10. The van der Waals surface area contributed by atoms with Gasteiger partial charge >= 0.3 is 0 Å². The SMILES string of the molecule is CCC(C(=O)Cc1cccs1)c1ccccc1. The Kier molecular flexibility index (Phi) is 4.10. The van der Waals surface area contributed by atoms with E-state index in [0.717, 1.165) is 16.9 Å². The molecule has 0 aliphatic heterocycles. The molecule has 0 aliphatic carbocycles. The highest BCUT2D eigenvalue weighted by atomic mass is 32.1. The summed E-state index contributed by atoms with van der Waals surface area (Å²) in [4.78, 5) is 13.4. The van der Waals surface area contributed by atoms with Crippen molar-refractivity contribution in [3.05, 3.63) is 58.3 Å². The Morgan fingerprint density at radius 2 is 1.94 bits per heavy atom. The Bertz CT molecular complexity index is 459. The largest absolute Gasteiger partial charge is 0.299 e. The number of carbonyl (C=O) groups is 1. The zero-order chi connectivity index (χ0) is 12.1. The molecule has 0 fully saturated rings. The molecule has 1 aromatic carbocycles. The molecule has 17 heavy (non-hydrogen) atoms. The number of benzene rings is 1. The molecule has 2 aromatic rings. The zero-order valence-electron chi connectivity index (χ0n) is 9.93. The number of carbonyl (C=O) groups excluding carboxylic acids is 1. The lowest BCUT2D eigenvalue weighted by molar-refractivity contribution is -0.119. The number of thiophene rings is 1. The van der Waals surface area contributed by atoms with Gasteiger partial charge in [0, 0.05) is 17.2 Å². The fourth-order valence-electron chi connectivity index (χ4n) is 2.04. The Morgan fingerprint density at radius 3 is 2.53 bits per heavy atom. The smallest absolute Gasteiger partial charge is 0.145 e. The molecule has 1 heterocycles. The van der Waals surface area contributed by atoms with Crippen molar-refractivity contribution in [1.82, 2.24) is 0 Å². The molecule has 0 spiro atoms. The first-order chi connectivity index (χ1) is 8.31. The van der Waals surface area contributed by atoms with E-state index >= 15 is 0 Å². The maximum Gasteiger partial charge on any atom is 0.145 e. The third kappa shape index (κ3) is 3.04. The van der Waals surface area contributed by atoms with Gasteiger partial charge in [-0.1, -0.05) is 43.3 Å². The summed E-state index contributed by atoms with van der Waals surface area (Å²) >= 11 is 1.65. The molecule has 0 radical (unpaired) electrons. The number of hydrogen-bond acceptors (Lipinski definition) is 2. The molecule has 2 heteroatoms. The third-order valence-corrected chi connectivity index (χ3v) is 3.80. The Balaban J connectivity index is 2.11. The van der Waals surface area contributed by atoms with Gasteiger partial charge in [0.1, 0.15) is 5.78 Å². The second kappa shape index (κ2) is 5.78. The van der Waals surface area contributed by atoms with Crippen LogP contribution in [0.1, 0.15) is 29.7 Å². The Morgan fingerprint density at radius 1 is 1.18 bits per heavy atom. The first-order valence-corrected chi connectivity index (χ1v) is 6.79. The topological polar surface area (TPSA) is 17.1 Å². The summed E-state index contributed by atoms with van der Waals surface area (Å²) in [5.41, 5.74) is 1.14. The molecule has 0 aliphatic rings. The van der Waals surface area contributed by atoms with E-state index < -0.39 is 0 Å².